The van der Waals surface area contributed by atoms with E-state index in [-0.39, 0.29) is 0 Å². The van der Waals surface area contributed by atoms with Gasteiger partial charge in [0, 0.05) is 0 Å². The predicted molar refractivity (Wildman–Crippen MR) is 122 cm³/mol. The molecule has 0 heterocycles. The Kier molecular flexibility index (Phi) is 21.4. The van der Waals surface area contributed by atoms with Crippen LogP contribution in [0.15, 0.2) is 10.3 Å². The highest BCUT2D eigenvalue weighted by molar-refractivity contribution is 6.42. The molecule has 0 unspecified atom stereocenters. The molecule has 0 aliphatic carbocycles. The third kappa shape index (κ3) is 17.1. The van der Waals surface area contributed by atoms with E-state index >= 15 is 0 Å². The van der Waals surface area contributed by atoms with Gasteiger partial charge in [-0.2, -0.15) is 0 Å². The minimum absolute atomic E-state index is 0.574. The van der Waals surface area contributed by atoms with Gasteiger partial charge in [0.2, 0.25) is 0 Å². The van der Waals surface area contributed by atoms with Crippen molar-refractivity contribution in [2.45, 2.75) is 142 Å². The van der Waals surface area contributed by atoms with Crippen LogP contribution in [0.2, 0.25) is 0 Å². The van der Waals surface area contributed by atoms with Gasteiger partial charge in [0.15, 0.2) is 0 Å². The molecule has 0 rings (SSSR count). The van der Waals surface area contributed by atoms with E-state index in [1.807, 2.05) is 0 Å². The van der Waals surface area contributed by atoms with Gasteiger partial charge < -0.3 is 10.4 Å². The zero-order valence-electron chi connectivity index (χ0n) is 18.9. The molecule has 0 spiro atoms. The molecular formula is C24H48N2O2. The molecule has 0 bridgehead atoms. The number of nitrogens with zero attached hydrogens (tertiary/aromatic N) is 2. The molecule has 0 radical (unpaired) electrons. The molecule has 0 aromatic rings. The molecule has 4 heteroatoms. The molecule has 0 atom stereocenters. The fourth-order valence-corrected chi connectivity index (χ4v) is 3.71. The highest BCUT2D eigenvalue weighted by Crippen LogP contribution is 2.14. The molecule has 28 heavy (non-hydrogen) atoms. The highest BCUT2D eigenvalue weighted by atomic mass is 16.4. The normalized spacial score (nSPS) is 12.6. The van der Waals surface area contributed by atoms with Crippen molar-refractivity contribution in [3.05, 3.63) is 0 Å². The zero-order valence-corrected chi connectivity index (χ0v) is 18.9. The summed E-state index contributed by atoms with van der Waals surface area (Å²) >= 11 is 0. The van der Waals surface area contributed by atoms with Crippen molar-refractivity contribution in [3.8, 4) is 0 Å². The Labute approximate surface area is 174 Å². The number of hydrogen-bond acceptors (Lipinski definition) is 4. The molecule has 0 aliphatic rings. The Bertz CT molecular complexity index is 345. The van der Waals surface area contributed by atoms with Gasteiger partial charge in [0.05, 0.1) is 0 Å². The van der Waals surface area contributed by atoms with Crippen molar-refractivity contribution in [1.82, 2.24) is 0 Å². The van der Waals surface area contributed by atoms with Gasteiger partial charge in [-0.15, -0.1) is 0 Å². The zero-order chi connectivity index (χ0) is 20.7. The molecule has 0 aromatic carbocycles. The van der Waals surface area contributed by atoms with Crippen LogP contribution in [0.5, 0.6) is 0 Å². The van der Waals surface area contributed by atoms with Gasteiger partial charge in [0.1, 0.15) is 11.4 Å². The third-order valence-corrected chi connectivity index (χ3v) is 5.61. The van der Waals surface area contributed by atoms with Gasteiger partial charge in [-0.05, 0) is 25.7 Å². The molecule has 0 amide bonds. The first kappa shape index (κ1) is 26.9. The fourth-order valence-electron chi connectivity index (χ4n) is 3.71. The maximum absolute atomic E-state index is 9.29. The van der Waals surface area contributed by atoms with Crippen molar-refractivity contribution in [2.75, 3.05) is 0 Å². The van der Waals surface area contributed by atoms with Crippen LogP contribution in [0.3, 0.4) is 0 Å². The van der Waals surface area contributed by atoms with Crippen LogP contribution in [0.4, 0.5) is 0 Å². The third-order valence-electron chi connectivity index (χ3n) is 5.61. The van der Waals surface area contributed by atoms with Crippen LogP contribution in [0.25, 0.3) is 0 Å². The van der Waals surface area contributed by atoms with Crippen LogP contribution in [0.1, 0.15) is 142 Å². The number of unbranched alkanes of at least 4 members (excludes halogenated alkanes) is 16. The van der Waals surface area contributed by atoms with E-state index in [0.717, 1.165) is 25.7 Å². The van der Waals surface area contributed by atoms with Crippen LogP contribution < -0.4 is 0 Å². The molecule has 2 N–H and O–H groups in total. The van der Waals surface area contributed by atoms with Crippen LogP contribution in [-0.2, 0) is 0 Å². The Hall–Kier alpha value is -1.06. The van der Waals surface area contributed by atoms with Gasteiger partial charge in [-0.25, -0.2) is 0 Å². The summed E-state index contributed by atoms with van der Waals surface area (Å²) in [6.45, 7) is 4.50. The Balaban J connectivity index is 3.71. The van der Waals surface area contributed by atoms with Gasteiger partial charge in [-0.3, -0.25) is 0 Å². The molecule has 0 fully saturated rings. The SMILES string of the molecule is CCCCCCCCCCCC(=N/O)/C(CCCCCCCCCCC)=N/O. The van der Waals surface area contributed by atoms with Crippen LogP contribution >= 0.6 is 0 Å². The molecular weight excluding hydrogens is 348 g/mol. The summed E-state index contributed by atoms with van der Waals surface area (Å²) in [7, 11) is 0. The molecule has 0 saturated heterocycles. The molecule has 0 saturated carbocycles. The Morgan fingerprint density at radius 3 is 0.929 bits per heavy atom. The maximum Gasteiger partial charge on any atom is 0.104 e. The Morgan fingerprint density at radius 2 is 0.679 bits per heavy atom. The minimum Gasteiger partial charge on any atom is -0.411 e. The minimum atomic E-state index is 0.574. The van der Waals surface area contributed by atoms with Crippen molar-refractivity contribution in [3.63, 3.8) is 0 Å². The first-order valence-corrected chi connectivity index (χ1v) is 12.2. The van der Waals surface area contributed by atoms with E-state index in [1.54, 1.807) is 0 Å². The van der Waals surface area contributed by atoms with E-state index in [0.29, 0.717) is 24.3 Å². The summed E-state index contributed by atoms with van der Waals surface area (Å²) in [5.74, 6) is 0. The lowest BCUT2D eigenvalue weighted by atomic mass is 10.0. The Morgan fingerprint density at radius 1 is 0.429 bits per heavy atom. The van der Waals surface area contributed by atoms with Gasteiger partial charge in [0.25, 0.3) is 0 Å². The van der Waals surface area contributed by atoms with Gasteiger partial charge in [-0.1, -0.05) is 127 Å². The smallest absolute Gasteiger partial charge is 0.104 e. The van der Waals surface area contributed by atoms with Crippen LogP contribution in [-0.4, -0.2) is 21.8 Å². The van der Waals surface area contributed by atoms with Crippen molar-refractivity contribution >= 4 is 11.4 Å². The van der Waals surface area contributed by atoms with Crippen molar-refractivity contribution in [2.24, 2.45) is 10.3 Å². The molecule has 4 nitrogen and oxygen atoms in total. The first-order valence-electron chi connectivity index (χ1n) is 12.2. The van der Waals surface area contributed by atoms with E-state index in [1.165, 1.54) is 89.9 Å². The van der Waals surface area contributed by atoms with E-state index < -0.39 is 0 Å². The quantitative estimate of drug-likeness (QED) is 0.0883. The van der Waals surface area contributed by atoms with E-state index in [4.69, 9.17) is 0 Å². The highest BCUT2D eigenvalue weighted by Gasteiger charge is 2.10. The average molecular weight is 397 g/mol. The maximum atomic E-state index is 9.29. The first-order chi connectivity index (χ1) is 13.8. The molecule has 166 valence electrons. The molecule has 0 aliphatic heterocycles. The second-order valence-electron chi connectivity index (χ2n) is 8.25. The fraction of sp³-hybridized carbons (Fsp3) is 0.917. The summed E-state index contributed by atoms with van der Waals surface area (Å²) in [6.07, 6.45) is 24.3. The second-order valence-corrected chi connectivity index (χ2v) is 8.25. The summed E-state index contributed by atoms with van der Waals surface area (Å²) in [6, 6.07) is 0. The van der Waals surface area contributed by atoms with Crippen molar-refractivity contribution < 1.29 is 10.4 Å². The number of rotatable bonds is 21. The number of hydrogen-bond donors (Lipinski definition) is 2. The standard InChI is InChI=1S/C24H48N2O2/c1-3-5-7-9-11-13-15-17-19-21-23(25-27)24(26-28)22-20-18-16-14-12-10-8-6-4-2/h27-28H,3-22H2,1-2H3/b25-23-,26-24+. The van der Waals surface area contributed by atoms with E-state index in [9.17, 15) is 10.4 Å². The topological polar surface area (TPSA) is 65.2 Å². The van der Waals surface area contributed by atoms with E-state index in [2.05, 4.69) is 24.2 Å². The summed E-state index contributed by atoms with van der Waals surface area (Å²) in [5.41, 5.74) is 1.15. The lowest BCUT2D eigenvalue weighted by Gasteiger charge is -2.07. The predicted octanol–water partition coefficient (Wildman–Crippen LogP) is 8.49. The van der Waals surface area contributed by atoms with Crippen molar-refractivity contribution in [1.29, 1.82) is 0 Å². The largest absolute Gasteiger partial charge is 0.411 e. The lowest BCUT2D eigenvalue weighted by molar-refractivity contribution is 0.312. The lowest BCUT2D eigenvalue weighted by Crippen LogP contribution is -2.14. The summed E-state index contributed by atoms with van der Waals surface area (Å²) in [5, 5.41) is 25.4. The average Bonchev–Trinajstić information content (AvgIpc) is 2.72. The number of oxime groups is 2. The van der Waals surface area contributed by atoms with Gasteiger partial charge >= 0.3 is 0 Å². The molecule has 0 aromatic heterocycles. The monoisotopic (exact) mass is 396 g/mol. The summed E-state index contributed by atoms with van der Waals surface area (Å²) < 4.78 is 0. The summed E-state index contributed by atoms with van der Waals surface area (Å²) in [4.78, 5) is 0. The second kappa shape index (κ2) is 22.2. The van der Waals surface area contributed by atoms with Crippen LogP contribution in [0, 0.1) is 0 Å².